The van der Waals surface area contributed by atoms with Crippen LogP contribution in [0.15, 0.2) is 63.3 Å². The van der Waals surface area contributed by atoms with Crippen molar-refractivity contribution < 1.29 is 48.5 Å². The highest BCUT2D eigenvalue weighted by Gasteiger charge is 2.45. The molecule has 24 nitrogen and oxygen atoms in total. The van der Waals surface area contributed by atoms with Crippen LogP contribution < -0.4 is 31.7 Å². The van der Waals surface area contributed by atoms with Gasteiger partial charge >= 0.3 is 5.97 Å². The number of pyridine rings is 1. The van der Waals surface area contributed by atoms with Gasteiger partial charge in [-0.15, -0.1) is 68.0 Å². The Morgan fingerprint density at radius 3 is 2.15 bits per heavy atom. The summed E-state index contributed by atoms with van der Waals surface area (Å²) >= 11 is 7.22. The van der Waals surface area contributed by atoms with Gasteiger partial charge in [-0.2, -0.15) is 0 Å². The van der Waals surface area contributed by atoms with Gasteiger partial charge in [-0.05, 0) is 75.5 Å². The van der Waals surface area contributed by atoms with Gasteiger partial charge in [0.2, 0.25) is 11.8 Å². The van der Waals surface area contributed by atoms with Crippen LogP contribution in [0.5, 0.6) is 5.75 Å². The smallest absolute Gasteiger partial charge is 0.306 e. The fourth-order valence-corrected chi connectivity index (χ4v) is 16.0. The van der Waals surface area contributed by atoms with E-state index < -0.39 is 71.6 Å². The molecule has 0 spiro atoms. The van der Waals surface area contributed by atoms with Gasteiger partial charge in [-0.1, -0.05) is 32.9 Å². The van der Waals surface area contributed by atoms with Crippen molar-refractivity contribution in [1.82, 2.24) is 66.0 Å². The number of hydrogen-bond donors (Lipinski definition) is 7. The van der Waals surface area contributed by atoms with E-state index in [1.165, 1.54) is 50.7 Å². The number of nitrogens with zero attached hydrogens (tertiary/aromatic N) is 9. The second-order valence-corrected chi connectivity index (χ2v) is 27.4. The molecule has 1 aliphatic carbocycles. The third kappa shape index (κ3) is 14.3. The number of carbonyl (C=O) groups excluding carboxylic acids is 6. The van der Waals surface area contributed by atoms with E-state index in [0.717, 1.165) is 47.9 Å². The number of thiazole rings is 6. The lowest BCUT2D eigenvalue weighted by Crippen LogP contribution is -2.50. The molecular formula is C59H62N14O10S6. The fraction of sp³-hybridized carbons (Fsp3) is 0.390. The standard InChI is InChI=1S/C59H62N14O10S6/c1-5-72(6-2)17-18-83-33-13-7-30(8-14-33)19-37-58(80)73-22-43(74)28(3)48(73)57-70-42(27-88-57)55-67-38(23-86-55)47-34(15-16-35(64-47)54-69-40(26-87-54)49(76)62-32-11-9-31(10-12-32)59(81)82)53-68-41(25-85-53)51(78)65-36(20-44(60)75)56-71-46(29(4)89-56)52(79)61-21-45-63-39(24-84-45)50(77)66-37/h7-8,13-16,23-28,31-32,36-37,43,48,74H,5-6,9-12,17-22H2,1-4H3,(H2,60,75)(H,61,79)(H,62,76)(H,65,78)(H,66,77)(H,81,82)/t28-,31-,32-,36-,37-,43-,48-/m0/s1. The number of aliphatic hydroxyl groups is 1. The molecule has 7 aromatic heterocycles. The van der Waals surface area contributed by atoms with Crippen LogP contribution in [-0.4, -0.2) is 147 Å². The number of amides is 6. The lowest BCUT2D eigenvalue weighted by molar-refractivity contribution is -0.143. The van der Waals surface area contributed by atoms with E-state index in [1.807, 2.05) is 41.9 Å². The van der Waals surface area contributed by atoms with E-state index in [4.69, 9.17) is 30.4 Å². The second kappa shape index (κ2) is 27.5. The third-order valence-electron chi connectivity index (χ3n) is 15.8. The maximum absolute atomic E-state index is 15.2. The van der Waals surface area contributed by atoms with E-state index in [9.17, 15) is 39.0 Å². The Morgan fingerprint density at radius 1 is 0.730 bits per heavy atom. The molecule has 464 valence electrons. The van der Waals surface area contributed by atoms with Crippen molar-refractivity contribution in [1.29, 1.82) is 0 Å². The van der Waals surface area contributed by atoms with Gasteiger partial charge in [0.1, 0.15) is 88.3 Å². The predicted octanol–water partition coefficient (Wildman–Crippen LogP) is 7.40. The Labute approximate surface area is 534 Å². The monoisotopic (exact) mass is 1320 g/mol. The minimum Gasteiger partial charge on any atom is -0.492 e. The normalized spacial score (nSPS) is 20.7. The van der Waals surface area contributed by atoms with Crippen molar-refractivity contribution in [2.24, 2.45) is 17.6 Å². The highest BCUT2D eigenvalue weighted by atomic mass is 32.1. The van der Waals surface area contributed by atoms with Crippen molar-refractivity contribution >= 4 is 109 Å². The number of rotatable bonds is 14. The van der Waals surface area contributed by atoms with E-state index in [0.29, 0.717) is 96.3 Å². The largest absolute Gasteiger partial charge is 0.492 e. The number of aryl methyl sites for hydroxylation is 1. The molecule has 0 unspecified atom stereocenters. The van der Waals surface area contributed by atoms with Gasteiger partial charge in [0.05, 0.1) is 42.8 Å². The van der Waals surface area contributed by atoms with Crippen LogP contribution in [-0.2, 0) is 27.3 Å². The topological polar surface area (TPSA) is 340 Å². The van der Waals surface area contributed by atoms with Crippen LogP contribution in [0.2, 0.25) is 0 Å². The molecule has 1 saturated heterocycles. The van der Waals surface area contributed by atoms with Crippen molar-refractivity contribution in [2.75, 3.05) is 32.8 Å². The minimum absolute atomic E-state index is 0.00775. The Hall–Kier alpha value is -7.84. The Balaban J connectivity index is 0.939. The molecule has 2 fully saturated rings. The lowest BCUT2D eigenvalue weighted by Gasteiger charge is -2.29. The molecule has 9 heterocycles. The summed E-state index contributed by atoms with van der Waals surface area (Å²) < 4.78 is 6.05. The van der Waals surface area contributed by atoms with Crippen LogP contribution in [0, 0.1) is 18.8 Å². The van der Waals surface area contributed by atoms with E-state index in [-0.39, 0.29) is 65.7 Å². The van der Waals surface area contributed by atoms with Crippen LogP contribution in [0.3, 0.4) is 0 Å². The molecule has 8 aromatic rings. The number of likely N-dealkylation sites (N-methyl/N-ethyl adjacent to an activating group) is 1. The number of hydrogen-bond acceptors (Lipinski definition) is 23. The highest BCUT2D eigenvalue weighted by molar-refractivity contribution is 7.15. The summed E-state index contributed by atoms with van der Waals surface area (Å²) in [7, 11) is 0. The van der Waals surface area contributed by atoms with Gasteiger partial charge in [0.25, 0.3) is 23.6 Å². The number of ether oxygens (including phenoxy) is 1. The van der Waals surface area contributed by atoms with Gasteiger partial charge in [0, 0.05) is 68.8 Å². The van der Waals surface area contributed by atoms with Crippen molar-refractivity contribution in [3.05, 3.63) is 112 Å². The number of carbonyl (C=O) groups is 7. The fourth-order valence-electron chi connectivity index (χ4n) is 10.8. The number of nitrogens with two attached hydrogens (primary N) is 1. The first-order valence-electron chi connectivity index (χ1n) is 28.8. The number of nitrogens with one attached hydrogen (secondary N) is 4. The number of aliphatic hydroxyl groups excluding tert-OH is 1. The van der Waals surface area contributed by atoms with Crippen LogP contribution in [0.25, 0.3) is 43.4 Å². The molecule has 3 aliphatic rings. The zero-order valence-electron chi connectivity index (χ0n) is 48.6. The van der Waals surface area contributed by atoms with Crippen LogP contribution in [0.4, 0.5) is 0 Å². The average molecular weight is 1320 g/mol. The molecule has 11 rings (SSSR count). The highest BCUT2D eigenvalue weighted by Crippen LogP contribution is 2.43. The van der Waals surface area contributed by atoms with Crippen LogP contribution >= 0.6 is 68.0 Å². The molecule has 5 atom stereocenters. The first-order valence-corrected chi connectivity index (χ1v) is 34.0. The zero-order chi connectivity index (χ0) is 62.6. The first kappa shape index (κ1) is 62.8. The Morgan fingerprint density at radius 2 is 1.40 bits per heavy atom. The number of primary amides is 1. The van der Waals surface area contributed by atoms with Gasteiger partial charge in [-0.25, -0.2) is 34.9 Å². The summed E-state index contributed by atoms with van der Waals surface area (Å²) in [6, 6.07) is 7.80. The van der Waals surface area contributed by atoms with Crippen molar-refractivity contribution in [3.8, 4) is 49.1 Å². The molecule has 2 aliphatic heterocycles. The zero-order valence-corrected chi connectivity index (χ0v) is 53.5. The number of fused-ring (bicyclic) bond motifs is 16. The number of carboxylic acids is 1. The maximum Gasteiger partial charge on any atom is 0.306 e. The van der Waals surface area contributed by atoms with Crippen molar-refractivity contribution in [2.45, 2.75) is 103 Å². The molecule has 0 radical (unpaired) electrons. The van der Waals surface area contributed by atoms with Gasteiger partial charge in [-0.3, -0.25) is 33.6 Å². The number of aromatic nitrogens is 7. The molecule has 6 amide bonds. The SMILES string of the molecule is CCN(CC)CCOc1ccc(C[C@@H]2NC(=O)c3csc(n3)CNC(=O)c3nc(sc3C)[C@H](CC(N)=O)NC(=O)c3csc(n3)-c3ccc(-c4nc(C(=O)N[C@H]5CC[C@H](C(=O)O)CC5)cs4)nc3-c3csc(n3)-c3csc(n3)[C@@H]3[C@@H](C)[C@@H](O)CN3C2=O)cc1. The maximum atomic E-state index is 15.2. The van der Waals surface area contributed by atoms with Crippen LogP contribution in [0.1, 0.15) is 132 Å². The van der Waals surface area contributed by atoms with Gasteiger partial charge in [0.15, 0.2) is 0 Å². The Bertz CT molecular complexity index is 3940. The summed E-state index contributed by atoms with van der Waals surface area (Å²) in [6.45, 7) is 10.7. The number of carboxylic acid groups (broad SMARTS) is 1. The lowest BCUT2D eigenvalue weighted by atomic mass is 9.86. The van der Waals surface area contributed by atoms with Gasteiger partial charge < -0.3 is 51.8 Å². The minimum atomic E-state index is -1.14. The summed E-state index contributed by atoms with van der Waals surface area (Å²) in [5.74, 6) is -4.51. The quantitative estimate of drug-likeness (QED) is 0.0557. The summed E-state index contributed by atoms with van der Waals surface area (Å²) in [5, 5.41) is 43.5. The number of benzene rings is 1. The molecule has 1 saturated carbocycles. The molecule has 89 heavy (non-hydrogen) atoms. The van der Waals surface area contributed by atoms with E-state index >= 15 is 4.79 Å². The summed E-state index contributed by atoms with van der Waals surface area (Å²) in [6.07, 6.45) is 0.795. The van der Waals surface area contributed by atoms with E-state index in [2.05, 4.69) is 55.0 Å². The molecule has 8 N–H and O–H groups in total. The van der Waals surface area contributed by atoms with E-state index in [1.54, 1.807) is 34.7 Å². The molecule has 30 heteroatoms. The molecular weight excluding hydrogens is 1260 g/mol. The Kier molecular flexibility index (Phi) is 19.4. The molecule has 1 aromatic carbocycles. The predicted molar refractivity (Wildman–Crippen MR) is 338 cm³/mol. The summed E-state index contributed by atoms with van der Waals surface area (Å²) in [5.41, 5.74) is 8.88. The first-order chi connectivity index (χ1) is 42.9. The molecule has 10 bridgehead atoms. The third-order valence-corrected chi connectivity index (χ3v) is 21.3. The average Bonchev–Trinajstić information content (AvgIpc) is 1.83. The summed E-state index contributed by atoms with van der Waals surface area (Å²) in [4.78, 5) is 133. The number of aliphatic carboxylic acids is 1. The van der Waals surface area contributed by atoms with Crippen molar-refractivity contribution in [3.63, 3.8) is 0 Å². The second-order valence-electron chi connectivity index (χ2n) is 21.7.